The Bertz CT molecular complexity index is 691. The number of benzene rings is 1. The fourth-order valence-electron chi connectivity index (χ4n) is 3.91. The maximum atomic E-state index is 10.1. The van der Waals surface area contributed by atoms with Crippen LogP contribution in [0.2, 0.25) is 0 Å². The van der Waals surface area contributed by atoms with Gasteiger partial charge in [-0.3, -0.25) is 4.98 Å². The van der Waals surface area contributed by atoms with Crippen molar-refractivity contribution in [2.75, 3.05) is 5.32 Å². The van der Waals surface area contributed by atoms with Gasteiger partial charge in [-0.05, 0) is 65.6 Å². The van der Waals surface area contributed by atoms with Crippen LogP contribution in [-0.2, 0) is 0 Å². The molecule has 1 aromatic carbocycles. The highest BCUT2D eigenvalue weighted by atomic mass is 127. The van der Waals surface area contributed by atoms with Gasteiger partial charge in [0.25, 0.3) is 0 Å². The first-order chi connectivity index (χ1) is 10.1. The number of pyridine rings is 1. The lowest BCUT2D eigenvalue weighted by atomic mass is 9.90. The van der Waals surface area contributed by atoms with E-state index in [2.05, 4.69) is 45.0 Å². The summed E-state index contributed by atoms with van der Waals surface area (Å²) in [4.78, 5) is 4.40. The lowest BCUT2D eigenvalue weighted by Crippen LogP contribution is -2.42. The Morgan fingerprint density at radius 2 is 2.00 bits per heavy atom. The van der Waals surface area contributed by atoms with Crippen molar-refractivity contribution in [3.05, 3.63) is 34.0 Å². The number of hydrogen-bond acceptors (Lipinski definition) is 4. The van der Waals surface area contributed by atoms with Gasteiger partial charge in [0.15, 0.2) is 0 Å². The topological polar surface area (TPSA) is 65.4 Å². The fraction of sp³-hybridized carbons (Fsp3) is 0.438. The Balaban J connectivity index is 1.65. The van der Waals surface area contributed by atoms with Crippen LogP contribution in [0.5, 0.6) is 0 Å². The number of hydrogen-bond donors (Lipinski definition) is 3. The molecule has 110 valence electrons. The molecule has 2 aromatic rings. The number of halogens is 1. The van der Waals surface area contributed by atoms with Crippen molar-refractivity contribution in [3.63, 3.8) is 0 Å². The van der Waals surface area contributed by atoms with Crippen LogP contribution in [0.1, 0.15) is 12.8 Å². The predicted molar refractivity (Wildman–Crippen MR) is 90.1 cm³/mol. The highest BCUT2D eigenvalue weighted by molar-refractivity contribution is 14.1. The van der Waals surface area contributed by atoms with Crippen LogP contribution in [-0.4, -0.2) is 33.4 Å². The van der Waals surface area contributed by atoms with Crippen LogP contribution < -0.4 is 5.32 Å². The van der Waals surface area contributed by atoms with Gasteiger partial charge in [-0.15, -0.1) is 0 Å². The Hall–Kier alpha value is -0.920. The zero-order valence-electron chi connectivity index (χ0n) is 11.4. The SMILES string of the molecule is OC1C2CC(Nc3ccnc4ccc(I)cc34)C(C2)C1O. The quantitative estimate of drug-likeness (QED) is 0.683. The number of fused-ring (bicyclic) bond motifs is 3. The minimum Gasteiger partial charge on any atom is -0.390 e. The standard InChI is InChI=1S/C16H17IN2O2/c17-9-1-2-12-10(7-9)13(3-4-18-12)19-14-6-8-5-11(14)16(21)15(8)20/h1-4,7-8,11,14-16,20-21H,5-6H2,(H,18,19). The predicted octanol–water partition coefficient (Wildman–Crippen LogP) is 2.38. The van der Waals surface area contributed by atoms with Crippen molar-refractivity contribution >= 4 is 39.2 Å². The van der Waals surface area contributed by atoms with Crippen molar-refractivity contribution in [2.24, 2.45) is 11.8 Å². The number of aromatic nitrogens is 1. The molecule has 4 nitrogen and oxygen atoms in total. The Kier molecular flexibility index (Phi) is 3.31. The molecule has 2 saturated carbocycles. The summed E-state index contributed by atoms with van der Waals surface area (Å²) >= 11 is 2.30. The highest BCUT2D eigenvalue weighted by Gasteiger charge is 2.51. The normalized spacial score (nSPS) is 34.5. The van der Waals surface area contributed by atoms with Gasteiger partial charge in [0.2, 0.25) is 0 Å². The lowest BCUT2D eigenvalue weighted by Gasteiger charge is -2.31. The summed E-state index contributed by atoms with van der Waals surface area (Å²) in [5.41, 5.74) is 2.04. The monoisotopic (exact) mass is 396 g/mol. The van der Waals surface area contributed by atoms with E-state index >= 15 is 0 Å². The molecule has 0 saturated heterocycles. The molecule has 4 rings (SSSR count). The molecule has 2 bridgehead atoms. The summed E-state index contributed by atoms with van der Waals surface area (Å²) in [6.07, 6.45) is 2.53. The highest BCUT2D eigenvalue weighted by Crippen LogP contribution is 2.46. The van der Waals surface area contributed by atoms with Crippen LogP contribution in [0.4, 0.5) is 5.69 Å². The Morgan fingerprint density at radius 1 is 1.14 bits per heavy atom. The van der Waals surface area contributed by atoms with Gasteiger partial charge in [0, 0.05) is 32.8 Å². The molecule has 1 aromatic heterocycles. The molecule has 3 N–H and O–H groups in total. The van der Waals surface area contributed by atoms with Crippen molar-refractivity contribution in [2.45, 2.75) is 31.1 Å². The van der Waals surface area contributed by atoms with Gasteiger partial charge in [-0.1, -0.05) is 0 Å². The largest absolute Gasteiger partial charge is 0.390 e. The number of nitrogens with zero attached hydrogens (tertiary/aromatic N) is 1. The maximum absolute atomic E-state index is 10.1. The summed E-state index contributed by atoms with van der Waals surface area (Å²) in [6, 6.07) is 8.44. The second-order valence-electron chi connectivity index (χ2n) is 6.15. The molecule has 2 aliphatic rings. The van der Waals surface area contributed by atoms with Crippen LogP contribution in [0, 0.1) is 15.4 Å². The molecule has 0 spiro atoms. The molecule has 2 aliphatic carbocycles. The summed E-state index contributed by atoms with van der Waals surface area (Å²) in [7, 11) is 0. The smallest absolute Gasteiger partial charge is 0.0849 e. The van der Waals surface area contributed by atoms with Gasteiger partial charge < -0.3 is 15.5 Å². The average molecular weight is 396 g/mol. The third-order valence-corrected chi connectivity index (χ3v) is 5.64. The number of aliphatic hydroxyl groups is 2. The lowest BCUT2D eigenvalue weighted by molar-refractivity contribution is -0.0195. The molecular formula is C16H17IN2O2. The molecular weight excluding hydrogens is 379 g/mol. The van der Waals surface area contributed by atoms with Crippen LogP contribution >= 0.6 is 22.6 Å². The summed E-state index contributed by atoms with van der Waals surface area (Å²) in [5, 5.41) is 24.7. The van der Waals surface area contributed by atoms with Gasteiger partial charge in [0.1, 0.15) is 0 Å². The summed E-state index contributed by atoms with van der Waals surface area (Å²) < 4.78 is 1.18. The van der Waals surface area contributed by atoms with Crippen LogP contribution in [0.25, 0.3) is 10.9 Å². The van der Waals surface area contributed by atoms with E-state index in [1.165, 1.54) is 3.57 Å². The van der Waals surface area contributed by atoms with Gasteiger partial charge >= 0.3 is 0 Å². The molecule has 0 amide bonds. The van der Waals surface area contributed by atoms with Crippen LogP contribution in [0.15, 0.2) is 30.5 Å². The molecule has 0 aliphatic heterocycles. The first kappa shape index (κ1) is 13.7. The van der Waals surface area contributed by atoms with Gasteiger partial charge in [-0.2, -0.15) is 0 Å². The number of nitrogens with one attached hydrogen (secondary N) is 1. The second-order valence-corrected chi connectivity index (χ2v) is 7.39. The first-order valence-corrected chi connectivity index (χ1v) is 8.38. The minimum atomic E-state index is -0.588. The Morgan fingerprint density at radius 3 is 2.76 bits per heavy atom. The molecule has 5 heteroatoms. The van der Waals surface area contributed by atoms with E-state index in [0.717, 1.165) is 29.4 Å². The van der Waals surface area contributed by atoms with E-state index < -0.39 is 12.2 Å². The van der Waals surface area contributed by atoms with E-state index in [9.17, 15) is 10.2 Å². The second kappa shape index (κ2) is 5.07. The van der Waals surface area contributed by atoms with E-state index in [1.807, 2.05) is 18.3 Å². The van der Waals surface area contributed by atoms with E-state index in [1.54, 1.807) is 0 Å². The van der Waals surface area contributed by atoms with E-state index in [0.29, 0.717) is 0 Å². The summed E-state index contributed by atoms with van der Waals surface area (Å²) in [5.74, 6) is 0.381. The minimum absolute atomic E-state index is 0.149. The fourth-order valence-corrected chi connectivity index (χ4v) is 4.40. The average Bonchev–Trinajstić information content (AvgIpc) is 3.00. The van der Waals surface area contributed by atoms with E-state index in [-0.39, 0.29) is 17.9 Å². The molecule has 0 radical (unpaired) electrons. The van der Waals surface area contributed by atoms with E-state index in [4.69, 9.17) is 0 Å². The third-order valence-electron chi connectivity index (χ3n) is 4.96. The molecule has 5 atom stereocenters. The zero-order valence-corrected chi connectivity index (χ0v) is 13.6. The summed E-state index contributed by atoms with van der Waals surface area (Å²) in [6.45, 7) is 0. The zero-order chi connectivity index (χ0) is 14.6. The van der Waals surface area contributed by atoms with Gasteiger partial charge in [0.05, 0.1) is 17.7 Å². The van der Waals surface area contributed by atoms with Crippen molar-refractivity contribution < 1.29 is 10.2 Å². The maximum Gasteiger partial charge on any atom is 0.0849 e. The van der Waals surface area contributed by atoms with Crippen molar-refractivity contribution in [3.8, 4) is 0 Å². The van der Waals surface area contributed by atoms with Gasteiger partial charge in [-0.25, -0.2) is 0 Å². The first-order valence-electron chi connectivity index (χ1n) is 7.30. The number of aliphatic hydroxyl groups excluding tert-OH is 2. The number of rotatable bonds is 2. The third kappa shape index (κ3) is 2.22. The molecule has 1 heterocycles. The van der Waals surface area contributed by atoms with Crippen molar-refractivity contribution in [1.82, 2.24) is 4.98 Å². The van der Waals surface area contributed by atoms with Crippen molar-refractivity contribution in [1.29, 1.82) is 0 Å². The molecule has 5 unspecified atom stereocenters. The molecule has 21 heavy (non-hydrogen) atoms. The van der Waals surface area contributed by atoms with Crippen LogP contribution in [0.3, 0.4) is 0 Å². The molecule has 2 fully saturated rings. The number of anilines is 1. The Labute approximate surface area is 136 Å².